The molecule has 1 aromatic rings. The molecular formula is C16H25N3O. The second kappa shape index (κ2) is 5.81. The van der Waals surface area contributed by atoms with Gasteiger partial charge < -0.3 is 10.5 Å². The lowest BCUT2D eigenvalue weighted by Gasteiger charge is -2.32. The number of aryl methyl sites for hydroxylation is 2. The van der Waals surface area contributed by atoms with E-state index in [4.69, 9.17) is 15.9 Å². The van der Waals surface area contributed by atoms with Crippen LogP contribution in [0.3, 0.4) is 0 Å². The molecule has 0 amide bonds. The summed E-state index contributed by atoms with van der Waals surface area (Å²) in [5.41, 5.74) is 8.19. The summed E-state index contributed by atoms with van der Waals surface area (Å²) in [5, 5.41) is 7.74. The fourth-order valence-electron chi connectivity index (χ4n) is 3.34. The van der Waals surface area contributed by atoms with Crippen molar-refractivity contribution < 1.29 is 4.74 Å². The highest BCUT2D eigenvalue weighted by atomic mass is 16.5. The highest BCUT2D eigenvalue weighted by Crippen LogP contribution is 2.32. The largest absolute Gasteiger partial charge is 0.474 e. The first-order chi connectivity index (χ1) is 9.36. The van der Waals surface area contributed by atoms with Crippen LogP contribution in [0.5, 0.6) is 5.88 Å². The first-order valence-corrected chi connectivity index (χ1v) is 7.36. The molecule has 0 bridgehead atoms. The number of hydrogen-bond acceptors (Lipinski definition) is 3. The fraction of sp³-hybridized carbons (Fsp3) is 0.625. The predicted octanol–water partition coefficient (Wildman–Crippen LogP) is 3.19. The SMILES string of the molecule is Cc1cc(C)c(C(=N)N)c(OC2CC(C)CC(C)C2)n1. The third kappa shape index (κ3) is 3.30. The average Bonchev–Trinajstić information content (AvgIpc) is 2.25. The lowest BCUT2D eigenvalue weighted by Crippen LogP contribution is -2.30. The van der Waals surface area contributed by atoms with Crippen molar-refractivity contribution in [3.05, 3.63) is 22.9 Å². The summed E-state index contributed by atoms with van der Waals surface area (Å²) in [6.07, 6.45) is 3.55. The van der Waals surface area contributed by atoms with Gasteiger partial charge in [-0.15, -0.1) is 0 Å². The van der Waals surface area contributed by atoms with E-state index in [9.17, 15) is 0 Å². The Balaban J connectivity index is 2.26. The number of nitrogens with one attached hydrogen (secondary N) is 1. The number of pyridine rings is 1. The Morgan fingerprint density at radius 1 is 1.25 bits per heavy atom. The van der Waals surface area contributed by atoms with Crippen LogP contribution in [-0.2, 0) is 0 Å². The summed E-state index contributed by atoms with van der Waals surface area (Å²) >= 11 is 0. The molecule has 0 radical (unpaired) electrons. The molecular weight excluding hydrogens is 250 g/mol. The standard InChI is InChI=1S/C16H25N3O/c1-9-5-10(2)7-13(6-9)20-16-14(15(17)18)11(3)8-12(4)19-16/h8-10,13H,5-7H2,1-4H3,(H3,17,18). The third-order valence-electron chi connectivity index (χ3n) is 3.99. The summed E-state index contributed by atoms with van der Waals surface area (Å²) < 4.78 is 6.12. The van der Waals surface area contributed by atoms with Crippen molar-refractivity contribution in [3.8, 4) is 5.88 Å². The van der Waals surface area contributed by atoms with Gasteiger partial charge in [0, 0.05) is 5.69 Å². The molecule has 20 heavy (non-hydrogen) atoms. The molecule has 0 aliphatic heterocycles. The maximum absolute atomic E-state index is 7.74. The Labute approximate surface area is 121 Å². The zero-order chi connectivity index (χ0) is 14.9. The molecule has 2 atom stereocenters. The van der Waals surface area contributed by atoms with Crippen molar-refractivity contribution in [1.29, 1.82) is 5.41 Å². The van der Waals surface area contributed by atoms with Crippen molar-refractivity contribution in [2.75, 3.05) is 0 Å². The molecule has 2 rings (SSSR count). The van der Waals surface area contributed by atoms with Gasteiger partial charge in [0.05, 0.1) is 5.56 Å². The number of rotatable bonds is 3. The van der Waals surface area contributed by atoms with Crippen molar-refractivity contribution in [2.45, 2.75) is 53.1 Å². The molecule has 2 unspecified atom stereocenters. The van der Waals surface area contributed by atoms with E-state index in [1.165, 1.54) is 6.42 Å². The Hall–Kier alpha value is -1.58. The van der Waals surface area contributed by atoms with Gasteiger partial charge in [-0.2, -0.15) is 0 Å². The van der Waals surface area contributed by atoms with E-state index in [1.807, 2.05) is 19.9 Å². The molecule has 1 aromatic heterocycles. The van der Waals surface area contributed by atoms with Gasteiger partial charge in [0.25, 0.3) is 0 Å². The molecule has 1 saturated carbocycles. The molecule has 0 spiro atoms. The molecule has 0 aromatic carbocycles. The number of ether oxygens (including phenoxy) is 1. The second-order valence-electron chi connectivity index (χ2n) is 6.33. The van der Waals surface area contributed by atoms with Gasteiger partial charge in [0.1, 0.15) is 11.9 Å². The molecule has 0 saturated heterocycles. The summed E-state index contributed by atoms with van der Waals surface area (Å²) in [4.78, 5) is 4.46. The van der Waals surface area contributed by atoms with Crippen molar-refractivity contribution in [2.24, 2.45) is 17.6 Å². The van der Waals surface area contributed by atoms with E-state index >= 15 is 0 Å². The average molecular weight is 275 g/mol. The van der Waals surface area contributed by atoms with Gasteiger partial charge in [0.2, 0.25) is 5.88 Å². The lowest BCUT2D eigenvalue weighted by molar-refractivity contribution is 0.0963. The normalized spacial score (nSPS) is 26.3. The molecule has 1 fully saturated rings. The van der Waals surface area contributed by atoms with Crippen molar-refractivity contribution in [1.82, 2.24) is 4.98 Å². The number of aromatic nitrogens is 1. The van der Waals surface area contributed by atoms with Crippen LogP contribution in [-0.4, -0.2) is 16.9 Å². The minimum absolute atomic E-state index is 0.0295. The van der Waals surface area contributed by atoms with Gasteiger partial charge in [0.15, 0.2) is 0 Å². The topological polar surface area (TPSA) is 72.0 Å². The number of hydrogen-bond donors (Lipinski definition) is 2. The summed E-state index contributed by atoms with van der Waals surface area (Å²) in [5.74, 6) is 1.91. The minimum atomic E-state index is 0.0295. The Bertz CT molecular complexity index is 503. The zero-order valence-electron chi connectivity index (χ0n) is 12.9. The third-order valence-corrected chi connectivity index (χ3v) is 3.99. The van der Waals surface area contributed by atoms with Gasteiger partial charge in [-0.3, -0.25) is 5.41 Å². The summed E-state index contributed by atoms with van der Waals surface area (Å²) in [6, 6.07) is 1.94. The van der Waals surface area contributed by atoms with Crippen LogP contribution >= 0.6 is 0 Å². The second-order valence-corrected chi connectivity index (χ2v) is 6.33. The van der Waals surface area contributed by atoms with Gasteiger partial charge in [-0.1, -0.05) is 13.8 Å². The fourth-order valence-corrected chi connectivity index (χ4v) is 3.34. The first kappa shape index (κ1) is 14.8. The maximum atomic E-state index is 7.74. The van der Waals surface area contributed by atoms with E-state index < -0.39 is 0 Å². The number of nitrogens with zero attached hydrogens (tertiary/aromatic N) is 1. The Kier molecular flexibility index (Phi) is 4.31. The van der Waals surface area contributed by atoms with Crippen LogP contribution in [0.25, 0.3) is 0 Å². The van der Waals surface area contributed by atoms with Crippen LogP contribution in [0.4, 0.5) is 0 Å². The quantitative estimate of drug-likeness (QED) is 0.657. The molecule has 4 heteroatoms. The summed E-state index contributed by atoms with van der Waals surface area (Å²) in [7, 11) is 0. The Morgan fingerprint density at radius 3 is 2.40 bits per heavy atom. The molecule has 3 N–H and O–H groups in total. The number of nitrogen functional groups attached to an aromatic ring is 1. The Morgan fingerprint density at radius 2 is 1.85 bits per heavy atom. The smallest absolute Gasteiger partial charge is 0.225 e. The van der Waals surface area contributed by atoms with E-state index in [-0.39, 0.29) is 11.9 Å². The molecule has 1 aliphatic rings. The highest BCUT2D eigenvalue weighted by Gasteiger charge is 2.27. The number of amidine groups is 1. The van der Waals surface area contributed by atoms with E-state index in [0.717, 1.165) is 24.1 Å². The molecule has 4 nitrogen and oxygen atoms in total. The zero-order valence-corrected chi connectivity index (χ0v) is 12.9. The maximum Gasteiger partial charge on any atom is 0.225 e. The van der Waals surface area contributed by atoms with Crippen LogP contribution in [0, 0.1) is 31.1 Å². The van der Waals surface area contributed by atoms with Crippen LogP contribution in [0.2, 0.25) is 0 Å². The van der Waals surface area contributed by atoms with E-state index in [0.29, 0.717) is 23.3 Å². The van der Waals surface area contributed by atoms with Crippen molar-refractivity contribution >= 4 is 5.84 Å². The predicted molar refractivity (Wildman–Crippen MR) is 81.3 cm³/mol. The van der Waals surface area contributed by atoms with Gasteiger partial charge >= 0.3 is 0 Å². The lowest BCUT2D eigenvalue weighted by atomic mass is 9.82. The van der Waals surface area contributed by atoms with Crippen LogP contribution in [0.1, 0.15) is 49.9 Å². The number of nitrogens with two attached hydrogens (primary N) is 1. The van der Waals surface area contributed by atoms with E-state index in [2.05, 4.69) is 18.8 Å². The molecule has 110 valence electrons. The highest BCUT2D eigenvalue weighted by molar-refractivity contribution is 5.98. The molecule has 1 heterocycles. The van der Waals surface area contributed by atoms with Crippen LogP contribution < -0.4 is 10.5 Å². The monoisotopic (exact) mass is 275 g/mol. The first-order valence-electron chi connectivity index (χ1n) is 7.36. The van der Waals surface area contributed by atoms with Gasteiger partial charge in [-0.25, -0.2) is 4.98 Å². The minimum Gasteiger partial charge on any atom is -0.474 e. The van der Waals surface area contributed by atoms with E-state index in [1.54, 1.807) is 0 Å². The van der Waals surface area contributed by atoms with Crippen LogP contribution in [0.15, 0.2) is 6.07 Å². The van der Waals surface area contributed by atoms with Gasteiger partial charge in [-0.05, 0) is 56.6 Å². The molecule has 1 aliphatic carbocycles. The van der Waals surface area contributed by atoms with Crippen molar-refractivity contribution in [3.63, 3.8) is 0 Å². The summed E-state index contributed by atoms with van der Waals surface area (Å²) in [6.45, 7) is 8.43.